The van der Waals surface area contributed by atoms with Crippen molar-refractivity contribution in [3.05, 3.63) is 78.5 Å². The van der Waals surface area contributed by atoms with Crippen LogP contribution < -0.4 is 10.2 Å². The lowest BCUT2D eigenvalue weighted by atomic mass is 10.1. The predicted octanol–water partition coefficient (Wildman–Crippen LogP) is 4.24. The fraction of sp³-hybridized carbons (Fsp3) is 0.0909. The fourth-order valence-corrected chi connectivity index (χ4v) is 2.96. The summed E-state index contributed by atoms with van der Waals surface area (Å²) in [4.78, 5) is 15.4. The van der Waals surface area contributed by atoms with Gasteiger partial charge in [-0.05, 0) is 35.9 Å². The molecule has 1 amide bonds. The Bertz CT molecular complexity index is 1130. The van der Waals surface area contributed by atoms with Crippen molar-refractivity contribution in [2.24, 2.45) is 5.10 Å². The molecule has 27 heavy (non-hydrogen) atoms. The summed E-state index contributed by atoms with van der Waals surface area (Å²) >= 11 is 0. The Morgan fingerprint density at radius 1 is 1.07 bits per heavy atom. The van der Waals surface area contributed by atoms with E-state index in [1.807, 2.05) is 72.9 Å². The number of fused-ring (bicyclic) bond motifs is 2. The van der Waals surface area contributed by atoms with Crippen LogP contribution in [0.3, 0.4) is 0 Å². The normalized spacial score (nSPS) is 12.5. The number of aromatic amines is 1. The molecule has 0 spiro atoms. The van der Waals surface area contributed by atoms with E-state index >= 15 is 0 Å². The minimum atomic E-state index is -0.661. The molecule has 5 heteroatoms. The largest absolute Gasteiger partial charge is 0.481 e. The van der Waals surface area contributed by atoms with Crippen LogP contribution in [0.2, 0.25) is 0 Å². The third-order valence-electron chi connectivity index (χ3n) is 4.40. The number of aromatic nitrogens is 1. The second-order valence-electron chi connectivity index (χ2n) is 6.29. The zero-order chi connectivity index (χ0) is 18.6. The van der Waals surface area contributed by atoms with E-state index in [9.17, 15) is 4.79 Å². The van der Waals surface area contributed by atoms with Crippen molar-refractivity contribution in [3.8, 4) is 5.75 Å². The third-order valence-corrected chi connectivity index (χ3v) is 4.40. The Kier molecular flexibility index (Phi) is 4.58. The van der Waals surface area contributed by atoms with Gasteiger partial charge in [-0.15, -0.1) is 0 Å². The van der Waals surface area contributed by atoms with Crippen LogP contribution in [0.5, 0.6) is 5.75 Å². The highest BCUT2D eigenvalue weighted by Crippen LogP contribution is 2.21. The summed E-state index contributed by atoms with van der Waals surface area (Å²) in [6.45, 7) is 1.70. The van der Waals surface area contributed by atoms with E-state index in [-0.39, 0.29) is 5.91 Å². The molecule has 3 aromatic carbocycles. The summed E-state index contributed by atoms with van der Waals surface area (Å²) in [5, 5.41) is 7.30. The third kappa shape index (κ3) is 3.67. The molecule has 2 N–H and O–H groups in total. The number of rotatable bonds is 5. The molecule has 0 radical (unpaired) electrons. The van der Waals surface area contributed by atoms with E-state index in [0.717, 1.165) is 27.2 Å². The maximum absolute atomic E-state index is 12.2. The summed E-state index contributed by atoms with van der Waals surface area (Å²) < 4.78 is 5.75. The van der Waals surface area contributed by atoms with Crippen LogP contribution in [-0.2, 0) is 4.79 Å². The predicted molar refractivity (Wildman–Crippen MR) is 108 cm³/mol. The Labute approximate surface area is 156 Å². The Morgan fingerprint density at radius 2 is 1.85 bits per heavy atom. The van der Waals surface area contributed by atoms with Gasteiger partial charge in [0.25, 0.3) is 5.91 Å². The highest BCUT2D eigenvalue weighted by atomic mass is 16.5. The van der Waals surface area contributed by atoms with Gasteiger partial charge in [-0.25, -0.2) is 5.43 Å². The van der Waals surface area contributed by atoms with Gasteiger partial charge < -0.3 is 9.72 Å². The van der Waals surface area contributed by atoms with E-state index in [1.165, 1.54) is 0 Å². The summed E-state index contributed by atoms with van der Waals surface area (Å²) in [7, 11) is 0. The number of hydrazone groups is 1. The van der Waals surface area contributed by atoms with Crippen LogP contribution in [0, 0.1) is 0 Å². The highest BCUT2D eigenvalue weighted by Gasteiger charge is 2.14. The molecule has 4 aromatic rings. The van der Waals surface area contributed by atoms with Gasteiger partial charge in [-0.1, -0.05) is 48.5 Å². The number of hydrogen-bond donors (Lipinski definition) is 2. The number of nitrogens with zero attached hydrogens (tertiary/aromatic N) is 1. The standard InChI is InChI=1S/C22H19N3O2/c1-15(27-19-11-10-16-6-2-3-7-17(16)12-19)22(26)25-24-14-18-13-23-21-9-5-4-8-20(18)21/h2-15,23H,1H3,(H,25,26)/b24-14+/t15-/m1/s1. The van der Waals surface area contributed by atoms with Gasteiger partial charge in [-0.2, -0.15) is 5.10 Å². The van der Waals surface area contributed by atoms with Crippen LogP contribution in [0.15, 0.2) is 78.0 Å². The van der Waals surface area contributed by atoms with Gasteiger partial charge in [0.2, 0.25) is 0 Å². The molecule has 0 aliphatic rings. The van der Waals surface area contributed by atoms with E-state index in [4.69, 9.17) is 4.74 Å². The molecule has 0 unspecified atom stereocenters. The van der Waals surface area contributed by atoms with Crippen molar-refractivity contribution < 1.29 is 9.53 Å². The summed E-state index contributed by atoms with van der Waals surface area (Å²) in [5.74, 6) is 0.344. The molecule has 4 rings (SSSR count). The Balaban J connectivity index is 1.40. The van der Waals surface area contributed by atoms with Gasteiger partial charge in [0, 0.05) is 22.7 Å². The monoisotopic (exact) mass is 357 g/mol. The van der Waals surface area contributed by atoms with E-state index in [1.54, 1.807) is 13.1 Å². The fourth-order valence-electron chi connectivity index (χ4n) is 2.96. The topological polar surface area (TPSA) is 66.5 Å². The zero-order valence-corrected chi connectivity index (χ0v) is 14.8. The van der Waals surface area contributed by atoms with Crippen molar-refractivity contribution in [2.45, 2.75) is 13.0 Å². The van der Waals surface area contributed by atoms with Crippen molar-refractivity contribution in [3.63, 3.8) is 0 Å². The molecule has 1 heterocycles. The van der Waals surface area contributed by atoms with Crippen molar-refractivity contribution >= 4 is 33.8 Å². The van der Waals surface area contributed by atoms with E-state index < -0.39 is 6.10 Å². The number of nitrogens with one attached hydrogen (secondary N) is 2. The number of hydrogen-bond acceptors (Lipinski definition) is 3. The molecule has 0 aliphatic carbocycles. The average Bonchev–Trinajstić information content (AvgIpc) is 3.11. The van der Waals surface area contributed by atoms with Gasteiger partial charge >= 0.3 is 0 Å². The smallest absolute Gasteiger partial charge is 0.280 e. The summed E-state index contributed by atoms with van der Waals surface area (Å²) in [6, 6.07) is 21.7. The molecule has 0 bridgehead atoms. The lowest BCUT2D eigenvalue weighted by Gasteiger charge is -2.13. The first-order valence-corrected chi connectivity index (χ1v) is 8.75. The minimum absolute atomic E-state index is 0.306. The molecule has 0 aliphatic heterocycles. The first-order chi connectivity index (χ1) is 13.2. The molecule has 0 fully saturated rings. The summed E-state index contributed by atoms with van der Waals surface area (Å²) in [5.41, 5.74) is 4.47. The lowest BCUT2D eigenvalue weighted by molar-refractivity contribution is -0.127. The summed E-state index contributed by atoms with van der Waals surface area (Å²) in [6.07, 6.45) is 2.82. The molecular weight excluding hydrogens is 338 g/mol. The first-order valence-electron chi connectivity index (χ1n) is 8.75. The molecule has 5 nitrogen and oxygen atoms in total. The van der Waals surface area contributed by atoms with Crippen LogP contribution in [0.25, 0.3) is 21.7 Å². The SMILES string of the molecule is C[C@@H](Oc1ccc2ccccc2c1)C(=O)N/N=C/c1c[nH]c2ccccc12. The maximum atomic E-state index is 12.2. The number of benzene rings is 3. The van der Waals surface area contributed by atoms with Crippen molar-refractivity contribution in [1.29, 1.82) is 0 Å². The number of ether oxygens (including phenoxy) is 1. The second kappa shape index (κ2) is 7.33. The molecule has 0 saturated heterocycles. The maximum Gasteiger partial charge on any atom is 0.280 e. The lowest BCUT2D eigenvalue weighted by Crippen LogP contribution is -2.33. The minimum Gasteiger partial charge on any atom is -0.481 e. The zero-order valence-electron chi connectivity index (χ0n) is 14.8. The van der Waals surface area contributed by atoms with Crippen LogP contribution in [0.1, 0.15) is 12.5 Å². The number of carbonyl (C=O) groups excluding carboxylic acids is 1. The van der Waals surface area contributed by atoms with Gasteiger partial charge in [0.1, 0.15) is 5.75 Å². The second-order valence-corrected chi connectivity index (χ2v) is 6.29. The molecule has 0 saturated carbocycles. The first kappa shape index (κ1) is 16.8. The number of amides is 1. The van der Waals surface area contributed by atoms with Gasteiger partial charge in [0.15, 0.2) is 6.10 Å². The Morgan fingerprint density at radius 3 is 2.74 bits per heavy atom. The number of para-hydroxylation sites is 1. The molecule has 1 aromatic heterocycles. The van der Waals surface area contributed by atoms with Gasteiger partial charge in [0.05, 0.1) is 6.21 Å². The number of carbonyl (C=O) groups is 1. The average molecular weight is 357 g/mol. The molecule has 1 atom stereocenters. The number of H-pyrrole nitrogens is 1. The van der Waals surface area contributed by atoms with Crippen molar-refractivity contribution in [1.82, 2.24) is 10.4 Å². The van der Waals surface area contributed by atoms with Crippen LogP contribution in [0.4, 0.5) is 0 Å². The van der Waals surface area contributed by atoms with E-state index in [0.29, 0.717) is 5.75 Å². The quantitative estimate of drug-likeness (QED) is 0.414. The Hall–Kier alpha value is -3.60. The van der Waals surface area contributed by atoms with Crippen molar-refractivity contribution in [2.75, 3.05) is 0 Å². The van der Waals surface area contributed by atoms with Gasteiger partial charge in [-0.3, -0.25) is 4.79 Å². The molecular formula is C22H19N3O2. The van der Waals surface area contributed by atoms with E-state index in [2.05, 4.69) is 15.5 Å². The van der Waals surface area contributed by atoms with Crippen LogP contribution in [-0.4, -0.2) is 23.2 Å². The highest BCUT2D eigenvalue weighted by molar-refractivity contribution is 5.99. The van der Waals surface area contributed by atoms with Crippen LogP contribution >= 0.6 is 0 Å². The molecule has 134 valence electrons.